The summed E-state index contributed by atoms with van der Waals surface area (Å²) in [5.41, 5.74) is 3.57. The third kappa shape index (κ3) is 3.31. The van der Waals surface area contributed by atoms with Crippen molar-refractivity contribution in [2.24, 2.45) is 0 Å². The number of hydrogen-bond acceptors (Lipinski definition) is 3. The molecule has 0 bridgehead atoms. The molecule has 0 radical (unpaired) electrons. The van der Waals surface area contributed by atoms with Crippen molar-refractivity contribution < 1.29 is 9.53 Å². The minimum atomic E-state index is 0.0407. The number of aryl methyl sites for hydroxylation is 1. The van der Waals surface area contributed by atoms with Gasteiger partial charge in [-0.15, -0.1) is 11.3 Å². The SMILES string of the molecule is COc1ccc(-c2sc3ccccc3c2C(=O)c2ccc(C)c(Br)c2)cc1. The molecule has 0 aliphatic heterocycles. The summed E-state index contributed by atoms with van der Waals surface area (Å²) in [7, 11) is 1.65. The summed E-state index contributed by atoms with van der Waals surface area (Å²) in [5.74, 6) is 0.842. The lowest BCUT2D eigenvalue weighted by Gasteiger charge is -2.07. The standard InChI is InChI=1S/C23H17BrO2S/c1-14-7-8-16(13-19(14)24)22(25)21-18-5-3-4-6-20(18)27-23(21)15-9-11-17(26-2)12-10-15/h3-13H,1-2H3. The Morgan fingerprint density at radius 1 is 1.00 bits per heavy atom. The summed E-state index contributed by atoms with van der Waals surface area (Å²) < 4.78 is 7.32. The summed E-state index contributed by atoms with van der Waals surface area (Å²) in [6, 6.07) is 21.7. The molecule has 1 heterocycles. The van der Waals surface area contributed by atoms with Crippen molar-refractivity contribution in [2.45, 2.75) is 6.92 Å². The monoisotopic (exact) mass is 436 g/mol. The Hall–Kier alpha value is -2.43. The van der Waals surface area contributed by atoms with Crippen LogP contribution in [-0.2, 0) is 0 Å². The minimum Gasteiger partial charge on any atom is -0.497 e. The topological polar surface area (TPSA) is 26.3 Å². The van der Waals surface area contributed by atoms with E-state index in [-0.39, 0.29) is 5.78 Å². The average molecular weight is 437 g/mol. The molecule has 1 aromatic heterocycles. The fourth-order valence-corrected chi connectivity index (χ4v) is 4.68. The second-order valence-electron chi connectivity index (χ2n) is 6.32. The summed E-state index contributed by atoms with van der Waals surface area (Å²) >= 11 is 5.19. The third-order valence-electron chi connectivity index (χ3n) is 4.61. The van der Waals surface area contributed by atoms with Crippen molar-refractivity contribution in [2.75, 3.05) is 7.11 Å². The van der Waals surface area contributed by atoms with Crippen molar-refractivity contribution in [3.05, 3.63) is 87.9 Å². The van der Waals surface area contributed by atoms with Crippen LogP contribution in [0.3, 0.4) is 0 Å². The highest BCUT2D eigenvalue weighted by molar-refractivity contribution is 9.10. The van der Waals surface area contributed by atoms with Crippen LogP contribution in [0.4, 0.5) is 0 Å². The number of carbonyl (C=O) groups excluding carboxylic acids is 1. The molecular formula is C23H17BrO2S. The number of hydrogen-bond donors (Lipinski definition) is 0. The number of thiophene rings is 1. The van der Waals surface area contributed by atoms with E-state index in [2.05, 4.69) is 22.0 Å². The molecule has 0 fully saturated rings. The number of methoxy groups -OCH3 is 1. The highest BCUT2D eigenvalue weighted by Crippen LogP contribution is 2.40. The molecule has 0 saturated carbocycles. The van der Waals surface area contributed by atoms with Gasteiger partial charge in [-0.3, -0.25) is 4.79 Å². The Morgan fingerprint density at radius 2 is 1.74 bits per heavy atom. The highest BCUT2D eigenvalue weighted by atomic mass is 79.9. The zero-order valence-electron chi connectivity index (χ0n) is 15.0. The Kier molecular flexibility index (Phi) is 4.85. The lowest BCUT2D eigenvalue weighted by molar-refractivity contribution is 0.104. The van der Waals surface area contributed by atoms with Gasteiger partial charge in [-0.25, -0.2) is 0 Å². The van der Waals surface area contributed by atoms with E-state index in [4.69, 9.17) is 4.74 Å². The Bertz CT molecular complexity index is 1140. The van der Waals surface area contributed by atoms with Gasteiger partial charge in [-0.05, 0) is 54.4 Å². The first-order valence-corrected chi connectivity index (χ1v) is 10.2. The Morgan fingerprint density at radius 3 is 2.44 bits per heavy atom. The van der Waals surface area contributed by atoms with E-state index in [1.807, 2.05) is 67.6 Å². The predicted molar refractivity (Wildman–Crippen MR) is 116 cm³/mol. The van der Waals surface area contributed by atoms with Gasteiger partial charge in [0.2, 0.25) is 0 Å². The molecule has 134 valence electrons. The minimum absolute atomic E-state index is 0.0407. The number of ketones is 1. The van der Waals surface area contributed by atoms with E-state index >= 15 is 0 Å². The maximum Gasteiger partial charge on any atom is 0.195 e. The third-order valence-corrected chi connectivity index (χ3v) is 6.68. The molecule has 0 aliphatic rings. The molecule has 0 saturated heterocycles. The van der Waals surface area contributed by atoms with Crippen LogP contribution in [0.2, 0.25) is 0 Å². The number of halogens is 1. The van der Waals surface area contributed by atoms with Crippen LogP contribution in [0, 0.1) is 6.92 Å². The molecule has 2 nitrogen and oxygen atoms in total. The summed E-state index contributed by atoms with van der Waals surface area (Å²) in [4.78, 5) is 14.4. The normalized spacial score (nSPS) is 10.9. The quantitative estimate of drug-likeness (QED) is 0.326. The second kappa shape index (κ2) is 7.29. The molecule has 0 N–H and O–H groups in total. The van der Waals surface area contributed by atoms with Crippen molar-refractivity contribution >= 4 is 43.1 Å². The van der Waals surface area contributed by atoms with Crippen molar-refractivity contribution in [1.29, 1.82) is 0 Å². The molecule has 3 aromatic carbocycles. The molecule has 0 amide bonds. The predicted octanol–water partition coefficient (Wildman–Crippen LogP) is 6.88. The van der Waals surface area contributed by atoms with E-state index in [1.165, 1.54) is 0 Å². The lowest BCUT2D eigenvalue weighted by atomic mass is 9.97. The van der Waals surface area contributed by atoms with Crippen molar-refractivity contribution in [3.8, 4) is 16.2 Å². The van der Waals surface area contributed by atoms with Gasteiger partial charge in [0.25, 0.3) is 0 Å². The van der Waals surface area contributed by atoms with Crippen LogP contribution in [0.15, 0.2) is 71.2 Å². The number of benzene rings is 3. The first-order chi connectivity index (χ1) is 13.1. The second-order valence-corrected chi connectivity index (χ2v) is 8.23. The number of carbonyl (C=O) groups is 1. The van der Waals surface area contributed by atoms with Gasteiger partial charge in [-0.1, -0.05) is 46.3 Å². The van der Waals surface area contributed by atoms with Gasteiger partial charge in [0, 0.05) is 30.6 Å². The summed E-state index contributed by atoms with van der Waals surface area (Å²) in [5, 5.41) is 0.995. The first-order valence-electron chi connectivity index (χ1n) is 8.55. The molecule has 4 heteroatoms. The van der Waals surface area contributed by atoms with E-state index < -0.39 is 0 Å². The maximum atomic E-state index is 13.5. The van der Waals surface area contributed by atoms with E-state index in [9.17, 15) is 4.79 Å². The molecule has 0 atom stereocenters. The number of ether oxygens (including phenoxy) is 1. The molecule has 27 heavy (non-hydrogen) atoms. The number of rotatable bonds is 4. The van der Waals surface area contributed by atoms with E-state index in [0.29, 0.717) is 5.56 Å². The van der Waals surface area contributed by atoms with Crippen molar-refractivity contribution in [1.82, 2.24) is 0 Å². The molecular weight excluding hydrogens is 420 g/mol. The van der Waals surface area contributed by atoms with Crippen LogP contribution < -0.4 is 4.74 Å². The van der Waals surface area contributed by atoms with Gasteiger partial charge in [0.1, 0.15) is 5.75 Å². The first kappa shape index (κ1) is 18.0. The largest absolute Gasteiger partial charge is 0.497 e. The van der Waals surface area contributed by atoms with Gasteiger partial charge in [-0.2, -0.15) is 0 Å². The maximum absolute atomic E-state index is 13.5. The lowest BCUT2D eigenvalue weighted by Crippen LogP contribution is -2.02. The smallest absolute Gasteiger partial charge is 0.195 e. The van der Waals surface area contributed by atoms with Gasteiger partial charge in [0.05, 0.1) is 7.11 Å². The zero-order valence-corrected chi connectivity index (χ0v) is 17.4. The molecule has 4 aromatic rings. The summed E-state index contributed by atoms with van der Waals surface area (Å²) in [6.45, 7) is 2.01. The van der Waals surface area contributed by atoms with Crippen LogP contribution in [0.1, 0.15) is 21.5 Å². The van der Waals surface area contributed by atoms with E-state index in [1.54, 1.807) is 18.4 Å². The van der Waals surface area contributed by atoms with Gasteiger partial charge >= 0.3 is 0 Å². The fraction of sp³-hybridized carbons (Fsp3) is 0.0870. The van der Waals surface area contributed by atoms with Gasteiger partial charge in [0.15, 0.2) is 5.78 Å². The van der Waals surface area contributed by atoms with Crippen LogP contribution in [0.25, 0.3) is 20.5 Å². The van der Waals surface area contributed by atoms with Crippen LogP contribution in [0.5, 0.6) is 5.75 Å². The number of fused-ring (bicyclic) bond motifs is 1. The van der Waals surface area contributed by atoms with Crippen LogP contribution >= 0.6 is 27.3 Å². The average Bonchev–Trinajstić information content (AvgIpc) is 3.09. The van der Waals surface area contributed by atoms with Gasteiger partial charge < -0.3 is 4.74 Å². The zero-order chi connectivity index (χ0) is 19.0. The van der Waals surface area contributed by atoms with E-state index in [0.717, 1.165) is 41.9 Å². The molecule has 0 unspecified atom stereocenters. The molecule has 0 spiro atoms. The van der Waals surface area contributed by atoms with Crippen LogP contribution in [-0.4, -0.2) is 12.9 Å². The fourth-order valence-electron chi connectivity index (χ4n) is 3.09. The van der Waals surface area contributed by atoms with Crippen molar-refractivity contribution in [3.63, 3.8) is 0 Å². The molecule has 4 rings (SSSR count). The Balaban J connectivity index is 1.92. The molecule has 0 aliphatic carbocycles. The Labute approximate surface area is 170 Å². The summed E-state index contributed by atoms with van der Waals surface area (Å²) in [6.07, 6.45) is 0. The highest BCUT2D eigenvalue weighted by Gasteiger charge is 2.21.